The Morgan fingerprint density at radius 1 is 1.33 bits per heavy atom. The molecule has 4 rings (SSSR count). The minimum atomic E-state index is -1.22. The first-order chi connectivity index (χ1) is 11.3. The van der Waals surface area contributed by atoms with E-state index >= 15 is 0 Å². The van der Waals surface area contributed by atoms with Crippen molar-refractivity contribution in [1.82, 2.24) is 5.32 Å². The van der Waals surface area contributed by atoms with E-state index in [-0.39, 0.29) is 12.6 Å². The van der Waals surface area contributed by atoms with Gasteiger partial charge in [-0.1, -0.05) is 0 Å². The number of ether oxygens (including phenoxy) is 3. The number of amidine groups is 1. The van der Waals surface area contributed by atoms with Gasteiger partial charge in [0.2, 0.25) is 0 Å². The summed E-state index contributed by atoms with van der Waals surface area (Å²) in [6, 6.07) is 5.40. The van der Waals surface area contributed by atoms with Crippen molar-refractivity contribution in [3.8, 4) is 5.75 Å². The van der Waals surface area contributed by atoms with Gasteiger partial charge in [0.15, 0.2) is 0 Å². The molecule has 0 saturated carbocycles. The Hall–Kier alpha value is -2.48. The third-order valence-corrected chi connectivity index (χ3v) is 5.38. The average Bonchev–Trinajstić information content (AvgIpc) is 2.81. The topological polar surface area (TPSA) is 115 Å². The number of carbonyl (C=O) groups is 1. The van der Waals surface area contributed by atoms with E-state index in [1.54, 1.807) is 6.07 Å². The zero-order valence-corrected chi connectivity index (χ0v) is 13.5. The molecule has 8 heteroatoms. The molecule has 0 aliphatic carbocycles. The van der Waals surface area contributed by atoms with Gasteiger partial charge in [0.25, 0.3) is 6.02 Å². The predicted octanol–water partition coefficient (Wildman–Crippen LogP) is 1.31. The lowest BCUT2D eigenvalue weighted by Crippen LogP contribution is -2.71. The first-order valence-electron chi connectivity index (χ1n) is 7.69. The monoisotopic (exact) mass is 333 g/mol. The van der Waals surface area contributed by atoms with Gasteiger partial charge in [-0.05, 0) is 32.0 Å². The minimum absolute atomic E-state index is 0.0140. The van der Waals surface area contributed by atoms with Gasteiger partial charge < -0.3 is 25.1 Å². The van der Waals surface area contributed by atoms with Crippen molar-refractivity contribution in [3.05, 3.63) is 23.8 Å². The first kappa shape index (κ1) is 15.1. The van der Waals surface area contributed by atoms with E-state index in [2.05, 4.69) is 10.3 Å². The molecule has 1 fully saturated rings. The molecule has 1 aromatic carbocycles. The van der Waals surface area contributed by atoms with E-state index in [1.807, 2.05) is 26.0 Å². The smallest absolute Gasteiger partial charge is 0.412 e. The van der Waals surface area contributed by atoms with Gasteiger partial charge in [0.1, 0.15) is 23.5 Å². The highest BCUT2D eigenvalue weighted by atomic mass is 16.5. The van der Waals surface area contributed by atoms with Crippen LogP contribution in [-0.2, 0) is 15.0 Å². The maximum absolute atomic E-state index is 11.0. The van der Waals surface area contributed by atoms with Gasteiger partial charge >= 0.3 is 6.09 Å². The van der Waals surface area contributed by atoms with Crippen LogP contribution >= 0.6 is 0 Å². The summed E-state index contributed by atoms with van der Waals surface area (Å²) >= 11 is 0. The van der Waals surface area contributed by atoms with Crippen molar-refractivity contribution in [2.75, 3.05) is 25.6 Å². The molecule has 0 bridgehead atoms. The first-order valence-corrected chi connectivity index (χ1v) is 7.69. The predicted molar refractivity (Wildman–Crippen MR) is 85.0 cm³/mol. The summed E-state index contributed by atoms with van der Waals surface area (Å²) in [5.74, 6) is 0.677. The number of rotatable bonds is 0. The summed E-state index contributed by atoms with van der Waals surface area (Å²) in [6.07, 6.45) is -1.22. The third-order valence-electron chi connectivity index (χ3n) is 5.38. The lowest BCUT2D eigenvalue weighted by Gasteiger charge is -2.61. The molecule has 128 valence electrons. The molecule has 4 N–H and O–H groups in total. The molecular weight excluding hydrogens is 314 g/mol. The molecule has 1 aromatic rings. The standard InChI is InChI=1S/C16H19N3O5/c1-14(2)15(6-22-7-15)16(8-23-12(19-16)18-13(20)21)10-5-9(17)3-4-11(10)24-14/h3-5H,6-8,17H2,1-2H3,(H,18,19)(H,20,21). The van der Waals surface area contributed by atoms with Crippen LogP contribution in [0.5, 0.6) is 5.75 Å². The summed E-state index contributed by atoms with van der Waals surface area (Å²) in [4.78, 5) is 15.6. The molecule has 0 aromatic heterocycles. The maximum Gasteiger partial charge on any atom is 0.412 e. The van der Waals surface area contributed by atoms with Gasteiger partial charge in [-0.15, -0.1) is 0 Å². The van der Waals surface area contributed by atoms with E-state index in [1.165, 1.54) is 0 Å². The number of benzene rings is 1. The number of nitrogen functional groups attached to an aromatic ring is 1. The van der Waals surface area contributed by atoms with E-state index in [0.29, 0.717) is 24.7 Å². The average molecular weight is 333 g/mol. The number of amides is 1. The number of aliphatic imine (C=N–C) groups is 1. The van der Waals surface area contributed by atoms with Crippen LogP contribution in [0.1, 0.15) is 19.4 Å². The fourth-order valence-electron chi connectivity index (χ4n) is 3.93. The fraction of sp³-hybridized carbons (Fsp3) is 0.500. The van der Waals surface area contributed by atoms with Gasteiger partial charge in [-0.2, -0.15) is 0 Å². The Kier molecular flexibility index (Phi) is 2.85. The van der Waals surface area contributed by atoms with Crippen LogP contribution in [0.2, 0.25) is 0 Å². The van der Waals surface area contributed by atoms with Crippen molar-refractivity contribution in [2.45, 2.75) is 25.0 Å². The second kappa shape index (κ2) is 4.54. The molecule has 3 aliphatic rings. The molecule has 1 amide bonds. The fourth-order valence-corrected chi connectivity index (χ4v) is 3.93. The number of nitrogens with zero attached hydrogens (tertiary/aromatic N) is 1. The Labute approximate surface area is 138 Å². The molecule has 0 radical (unpaired) electrons. The summed E-state index contributed by atoms with van der Waals surface area (Å²) in [7, 11) is 0. The molecule has 3 heterocycles. The summed E-state index contributed by atoms with van der Waals surface area (Å²) in [5, 5.41) is 11.2. The number of anilines is 1. The Morgan fingerprint density at radius 2 is 2.08 bits per heavy atom. The van der Waals surface area contributed by atoms with Gasteiger partial charge in [0.05, 0.1) is 18.6 Å². The van der Waals surface area contributed by atoms with Crippen molar-refractivity contribution >= 4 is 17.8 Å². The van der Waals surface area contributed by atoms with Crippen molar-refractivity contribution < 1.29 is 24.1 Å². The normalized spacial score (nSPS) is 28.3. The molecule has 1 unspecified atom stereocenters. The number of hydrogen-bond donors (Lipinski definition) is 3. The number of hydrogen-bond acceptors (Lipinski definition) is 6. The van der Waals surface area contributed by atoms with Crippen LogP contribution in [0.4, 0.5) is 10.5 Å². The van der Waals surface area contributed by atoms with Crippen LogP contribution < -0.4 is 15.8 Å². The van der Waals surface area contributed by atoms with Crippen molar-refractivity contribution in [3.63, 3.8) is 0 Å². The lowest BCUT2D eigenvalue weighted by atomic mass is 9.55. The summed E-state index contributed by atoms with van der Waals surface area (Å²) in [5.41, 5.74) is 5.51. The Balaban J connectivity index is 1.93. The van der Waals surface area contributed by atoms with Crippen LogP contribution in [0, 0.1) is 5.41 Å². The van der Waals surface area contributed by atoms with Gasteiger partial charge in [-0.3, -0.25) is 0 Å². The summed E-state index contributed by atoms with van der Waals surface area (Å²) in [6.45, 7) is 5.08. The van der Waals surface area contributed by atoms with Gasteiger partial charge in [-0.25, -0.2) is 15.1 Å². The van der Waals surface area contributed by atoms with Crippen LogP contribution in [0.3, 0.4) is 0 Å². The molecular formula is C16H19N3O5. The largest absolute Gasteiger partial charge is 0.487 e. The molecule has 2 spiro atoms. The van der Waals surface area contributed by atoms with Crippen LogP contribution in [-0.4, -0.2) is 42.6 Å². The minimum Gasteiger partial charge on any atom is -0.487 e. The molecule has 3 aliphatic heterocycles. The van der Waals surface area contributed by atoms with Crippen molar-refractivity contribution in [2.24, 2.45) is 10.4 Å². The number of nitrogens with two attached hydrogens (primary N) is 1. The summed E-state index contributed by atoms with van der Waals surface area (Å²) < 4.78 is 17.3. The van der Waals surface area contributed by atoms with Crippen molar-refractivity contribution in [1.29, 1.82) is 0 Å². The molecule has 24 heavy (non-hydrogen) atoms. The lowest BCUT2D eigenvalue weighted by molar-refractivity contribution is -0.247. The van der Waals surface area contributed by atoms with E-state index < -0.39 is 22.6 Å². The molecule has 1 atom stereocenters. The van der Waals surface area contributed by atoms with Crippen LogP contribution in [0.15, 0.2) is 23.2 Å². The van der Waals surface area contributed by atoms with Crippen LogP contribution in [0.25, 0.3) is 0 Å². The van der Waals surface area contributed by atoms with E-state index in [9.17, 15) is 4.79 Å². The highest BCUT2D eigenvalue weighted by Crippen LogP contribution is 2.62. The highest BCUT2D eigenvalue weighted by Gasteiger charge is 2.71. The quantitative estimate of drug-likeness (QED) is 0.617. The maximum atomic E-state index is 11.0. The van der Waals surface area contributed by atoms with Gasteiger partial charge in [0, 0.05) is 11.3 Å². The zero-order chi connectivity index (χ0) is 17.2. The molecule has 1 saturated heterocycles. The van der Waals surface area contributed by atoms with E-state index in [4.69, 9.17) is 25.1 Å². The highest BCUT2D eigenvalue weighted by molar-refractivity contribution is 5.91. The van der Waals surface area contributed by atoms with E-state index in [0.717, 1.165) is 5.56 Å². The third kappa shape index (κ3) is 1.71. The second-order valence-electron chi connectivity index (χ2n) is 6.94. The molecule has 8 nitrogen and oxygen atoms in total. The second-order valence-corrected chi connectivity index (χ2v) is 6.94. The Morgan fingerprint density at radius 3 is 2.71 bits per heavy atom. The number of fused-ring (bicyclic) bond motifs is 3. The Bertz CT molecular complexity index is 756. The number of nitrogens with one attached hydrogen (secondary N) is 1. The SMILES string of the molecule is CC1(C)Oc2ccc(N)cc2C2(COC(NC(=O)O)=N2)C12COC2. The number of carboxylic acid groups (broad SMARTS) is 1. The zero-order valence-electron chi connectivity index (χ0n) is 13.5.